The Morgan fingerprint density at radius 2 is 2.12 bits per heavy atom. The van der Waals surface area contributed by atoms with Gasteiger partial charge in [-0.3, -0.25) is 4.79 Å². The van der Waals surface area contributed by atoms with Crippen LogP contribution >= 0.6 is 38.9 Å². The van der Waals surface area contributed by atoms with E-state index in [9.17, 15) is 4.79 Å². The second-order valence-corrected chi connectivity index (χ2v) is 6.21. The highest BCUT2D eigenvalue weighted by molar-refractivity contribution is 9.11. The van der Waals surface area contributed by atoms with Gasteiger partial charge in [-0.2, -0.15) is 0 Å². The van der Waals surface area contributed by atoms with Gasteiger partial charge in [0.2, 0.25) is 5.78 Å². The van der Waals surface area contributed by atoms with Crippen LogP contribution in [0, 0.1) is 6.92 Å². The van der Waals surface area contributed by atoms with Gasteiger partial charge < -0.3 is 0 Å². The third-order valence-electron chi connectivity index (χ3n) is 2.15. The van der Waals surface area contributed by atoms with Crippen molar-refractivity contribution in [2.45, 2.75) is 6.92 Å². The van der Waals surface area contributed by atoms with Gasteiger partial charge in [0.25, 0.3) is 0 Å². The van der Waals surface area contributed by atoms with E-state index in [1.54, 1.807) is 6.07 Å². The Morgan fingerprint density at radius 1 is 1.38 bits per heavy atom. The zero-order valence-corrected chi connectivity index (χ0v) is 11.6. The quantitative estimate of drug-likeness (QED) is 0.734. The number of carbonyl (C=O) groups excluding carboxylic acids is 1. The maximum atomic E-state index is 12.1. The standard InChI is InChI=1S/C12H8BrClOS/c1-7-3-2-4-8(5-7)11(15)10-6-9(14)12(13)16-10/h2-6H,1H3. The largest absolute Gasteiger partial charge is 0.288 e. The Hall–Kier alpha value is -0.640. The number of rotatable bonds is 2. The van der Waals surface area contributed by atoms with Crippen molar-refractivity contribution in [3.63, 3.8) is 0 Å². The maximum absolute atomic E-state index is 12.1. The minimum atomic E-state index is 0.0151. The van der Waals surface area contributed by atoms with Crippen LogP contribution < -0.4 is 0 Å². The Kier molecular flexibility index (Phi) is 3.47. The predicted molar refractivity (Wildman–Crippen MR) is 71.6 cm³/mol. The first-order chi connectivity index (χ1) is 7.58. The fourth-order valence-corrected chi connectivity index (χ4v) is 3.05. The number of aryl methyl sites for hydroxylation is 1. The summed E-state index contributed by atoms with van der Waals surface area (Å²) < 4.78 is 0.796. The topological polar surface area (TPSA) is 17.1 Å². The molecule has 2 rings (SSSR count). The molecule has 0 amide bonds. The van der Waals surface area contributed by atoms with Gasteiger partial charge in [-0.05, 0) is 35.0 Å². The highest BCUT2D eigenvalue weighted by Crippen LogP contribution is 2.33. The molecule has 0 aliphatic carbocycles. The lowest BCUT2D eigenvalue weighted by Crippen LogP contribution is -1.98. The molecule has 0 N–H and O–H groups in total. The molecule has 1 aromatic heterocycles. The number of ketones is 1. The van der Waals surface area contributed by atoms with Gasteiger partial charge in [-0.25, -0.2) is 0 Å². The Labute approximate surface area is 111 Å². The zero-order chi connectivity index (χ0) is 11.7. The van der Waals surface area contributed by atoms with E-state index in [4.69, 9.17) is 11.6 Å². The summed E-state index contributed by atoms with van der Waals surface area (Å²) in [7, 11) is 0. The first kappa shape index (κ1) is 11.8. The van der Waals surface area contributed by atoms with E-state index in [0.29, 0.717) is 15.5 Å². The van der Waals surface area contributed by atoms with Crippen molar-refractivity contribution < 1.29 is 4.79 Å². The predicted octanol–water partition coefficient (Wildman–Crippen LogP) is 4.70. The molecule has 1 nitrogen and oxygen atoms in total. The van der Waals surface area contributed by atoms with Crippen LogP contribution in [0.2, 0.25) is 5.02 Å². The summed E-state index contributed by atoms with van der Waals surface area (Å²) in [6, 6.07) is 9.24. The molecule has 0 saturated heterocycles. The highest BCUT2D eigenvalue weighted by Gasteiger charge is 2.14. The van der Waals surface area contributed by atoms with Crippen molar-refractivity contribution in [1.29, 1.82) is 0 Å². The van der Waals surface area contributed by atoms with Gasteiger partial charge >= 0.3 is 0 Å². The first-order valence-electron chi connectivity index (χ1n) is 4.64. The molecule has 16 heavy (non-hydrogen) atoms. The Morgan fingerprint density at radius 3 is 2.69 bits per heavy atom. The van der Waals surface area contributed by atoms with Crippen LogP contribution in [0.5, 0.6) is 0 Å². The third-order valence-corrected chi connectivity index (χ3v) is 4.62. The number of hydrogen-bond acceptors (Lipinski definition) is 2. The molecule has 4 heteroatoms. The van der Waals surface area contributed by atoms with E-state index in [0.717, 1.165) is 9.35 Å². The van der Waals surface area contributed by atoms with Gasteiger partial charge in [0.05, 0.1) is 13.7 Å². The van der Waals surface area contributed by atoms with Crippen LogP contribution in [0.3, 0.4) is 0 Å². The van der Waals surface area contributed by atoms with Crippen LogP contribution in [-0.2, 0) is 0 Å². The lowest BCUT2D eigenvalue weighted by atomic mass is 10.1. The van der Waals surface area contributed by atoms with Gasteiger partial charge in [-0.15, -0.1) is 11.3 Å². The summed E-state index contributed by atoms with van der Waals surface area (Å²) in [5.74, 6) is 0.0151. The second kappa shape index (κ2) is 4.70. The van der Waals surface area contributed by atoms with Crippen molar-refractivity contribution in [1.82, 2.24) is 0 Å². The molecule has 82 valence electrons. The molecule has 0 atom stereocenters. The summed E-state index contributed by atoms with van der Waals surface area (Å²) in [5, 5.41) is 0.584. The number of benzene rings is 1. The van der Waals surface area contributed by atoms with Crippen molar-refractivity contribution >= 4 is 44.7 Å². The average Bonchev–Trinajstić information content (AvgIpc) is 2.58. The summed E-state index contributed by atoms with van der Waals surface area (Å²) in [4.78, 5) is 12.8. The number of thiophene rings is 1. The fraction of sp³-hybridized carbons (Fsp3) is 0.0833. The van der Waals surface area contributed by atoms with E-state index < -0.39 is 0 Å². The van der Waals surface area contributed by atoms with E-state index in [1.165, 1.54) is 11.3 Å². The molecule has 0 aliphatic rings. The minimum Gasteiger partial charge on any atom is -0.288 e. The molecule has 0 spiro atoms. The number of carbonyl (C=O) groups is 1. The number of halogens is 2. The van der Waals surface area contributed by atoms with Crippen LogP contribution in [0.4, 0.5) is 0 Å². The van der Waals surface area contributed by atoms with Crippen molar-refractivity contribution in [3.05, 3.63) is 55.1 Å². The summed E-state index contributed by atoms with van der Waals surface area (Å²) >= 11 is 10.6. The van der Waals surface area contributed by atoms with Crippen LogP contribution in [0.15, 0.2) is 34.1 Å². The summed E-state index contributed by atoms with van der Waals surface area (Å²) in [6.45, 7) is 1.97. The van der Waals surface area contributed by atoms with Crippen molar-refractivity contribution in [3.8, 4) is 0 Å². The van der Waals surface area contributed by atoms with Crippen molar-refractivity contribution in [2.24, 2.45) is 0 Å². The van der Waals surface area contributed by atoms with E-state index in [1.807, 2.05) is 31.2 Å². The normalized spacial score (nSPS) is 10.4. The Balaban J connectivity index is 2.39. The molecular weight excluding hydrogens is 308 g/mol. The second-order valence-electron chi connectivity index (χ2n) is 3.43. The first-order valence-corrected chi connectivity index (χ1v) is 6.63. The lowest BCUT2D eigenvalue weighted by molar-refractivity contribution is 0.104. The molecule has 0 aliphatic heterocycles. The van der Waals surface area contributed by atoms with Gasteiger partial charge in [0.15, 0.2) is 0 Å². The monoisotopic (exact) mass is 314 g/mol. The molecule has 1 aromatic carbocycles. The zero-order valence-electron chi connectivity index (χ0n) is 8.46. The smallest absolute Gasteiger partial charge is 0.203 e. The molecular formula is C12H8BrClOS. The summed E-state index contributed by atoms with van der Waals surface area (Å²) in [5.41, 5.74) is 1.78. The molecule has 0 bridgehead atoms. The van der Waals surface area contributed by atoms with E-state index >= 15 is 0 Å². The van der Waals surface area contributed by atoms with Crippen LogP contribution in [0.1, 0.15) is 20.8 Å². The van der Waals surface area contributed by atoms with Gasteiger partial charge in [0, 0.05) is 5.56 Å². The molecule has 0 unspecified atom stereocenters. The van der Waals surface area contributed by atoms with Gasteiger partial charge in [0.1, 0.15) is 0 Å². The molecule has 0 radical (unpaired) electrons. The SMILES string of the molecule is Cc1cccc(C(=O)c2cc(Cl)c(Br)s2)c1. The minimum absolute atomic E-state index is 0.0151. The van der Waals surface area contributed by atoms with Crippen molar-refractivity contribution in [2.75, 3.05) is 0 Å². The lowest BCUT2D eigenvalue weighted by Gasteiger charge is -1.98. The maximum Gasteiger partial charge on any atom is 0.203 e. The average molecular weight is 316 g/mol. The molecule has 0 saturated carbocycles. The van der Waals surface area contributed by atoms with Crippen LogP contribution in [0.25, 0.3) is 0 Å². The molecule has 0 fully saturated rings. The molecule has 2 aromatic rings. The Bertz CT molecular complexity index is 528. The van der Waals surface area contributed by atoms with E-state index in [2.05, 4.69) is 15.9 Å². The third kappa shape index (κ3) is 2.37. The van der Waals surface area contributed by atoms with Crippen LogP contribution in [-0.4, -0.2) is 5.78 Å². The molecule has 1 heterocycles. The number of hydrogen-bond donors (Lipinski definition) is 0. The van der Waals surface area contributed by atoms with E-state index in [-0.39, 0.29) is 5.78 Å². The summed E-state index contributed by atoms with van der Waals surface area (Å²) in [6.07, 6.45) is 0. The van der Waals surface area contributed by atoms with Gasteiger partial charge in [-0.1, -0.05) is 35.4 Å². The fourth-order valence-electron chi connectivity index (χ4n) is 1.39. The highest BCUT2D eigenvalue weighted by atomic mass is 79.9.